The number of nitrogens with one attached hydrogen (secondary N) is 1. The molecule has 0 bridgehead atoms. The number of allylic oxidation sites excluding steroid dienone is 1. The number of hydrogen-bond donors (Lipinski definition) is 1. The highest BCUT2D eigenvalue weighted by Crippen LogP contribution is 2.45. The van der Waals surface area contributed by atoms with Crippen molar-refractivity contribution in [2.45, 2.75) is 58.3 Å². The van der Waals surface area contributed by atoms with Gasteiger partial charge in [0.1, 0.15) is 0 Å². The molecule has 1 N–H and O–H groups in total. The highest BCUT2D eigenvalue weighted by molar-refractivity contribution is 6.11. The minimum absolute atomic E-state index is 0.102. The summed E-state index contributed by atoms with van der Waals surface area (Å²) in [6, 6.07) is 8.48. The summed E-state index contributed by atoms with van der Waals surface area (Å²) < 4.78 is 42.6. The van der Waals surface area contributed by atoms with E-state index in [0.717, 1.165) is 11.8 Å². The van der Waals surface area contributed by atoms with Gasteiger partial charge in [0, 0.05) is 12.1 Å². The van der Waals surface area contributed by atoms with E-state index in [0.29, 0.717) is 18.4 Å². The molecule has 0 unspecified atom stereocenters. The number of carbonyl (C=O) groups excluding carboxylic acids is 3. The quantitative estimate of drug-likeness (QED) is 0.767. The monoisotopic (exact) mass is 396 g/mol. The summed E-state index contributed by atoms with van der Waals surface area (Å²) in [6.45, 7) is 3.92. The average molecular weight is 396 g/mol. The van der Waals surface area contributed by atoms with Crippen molar-refractivity contribution in [1.82, 2.24) is 10.2 Å². The second-order valence-electron chi connectivity index (χ2n) is 6.79. The van der Waals surface area contributed by atoms with Crippen molar-refractivity contribution in [2.75, 3.05) is 0 Å². The number of hydrogen-bond acceptors (Lipinski definition) is 3. The first-order valence-corrected chi connectivity index (χ1v) is 9.02. The molecule has 0 fully saturated rings. The number of alkyl halides is 3. The Morgan fingerprint density at radius 1 is 1.18 bits per heavy atom. The van der Waals surface area contributed by atoms with Crippen molar-refractivity contribution in [3.8, 4) is 0 Å². The standard InChI is InChI=1S/C20H23F3N2O3/c1-4-5-11-16(27)24-19(20(21,22)23)17(14(3)26)13(2)25(18(19)28)12-15-9-7-6-8-10-15/h6-10H,4-5,11-12H2,1-3H3,(H,24,27)/t19-/m1/s1. The van der Waals surface area contributed by atoms with Gasteiger partial charge in [-0.15, -0.1) is 0 Å². The van der Waals surface area contributed by atoms with Crippen molar-refractivity contribution in [3.05, 3.63) is 47.2 Å². The highest BCUT2D eigenvalue weighted by Gasteiger charge is 2.69. The molecule has 28 heavy (non-hydrogen) atoms. The van der Waals surface area contributed by atoms with Gasteiger partial charge >= 0.3 is 6.18 Å². The van der Waals surface area contributed by atoms with E-state index in [2.05, 4.69) is 0 Å². The van der Waals surface area contributed by atoms with Crippen LogP contribution in [0.3, 0.4) is 0 Å². The molecule has 1 aromatic rings. The van der Waals surface area contributed by atoms with Crippen LogP contribution >= 0.6 is 0 Å². The number of unbranched alkanes of at least 4 members (excludes halogenated alkanes) is 1. The molecule has 0 saturated carbocycles. The first-order valence-electron chi connectivity index (χ1n) is 9.02. The zero-order chi connectivity index (χ0) is 21.1. The van der Waals surface area contributed by atoms with Gasteiger partial charge in [-0.2, -0.15) is 13.2 Å². The SMILES string of the molecule is CCCCC(=O)N[C@@]1(C(F)(F)F)C(=O)N(Cc2ccccc2)C(C)=C1C(C)=O. The number of ketones is 1. The Morgan fingerprint density at radius 2 is 1.79 bits per heavy atom. The number of halogens is 3. The Bertz CT molecular complexity index is 803. The highest BCUT2D eigenvalue weighted by atomic mass is 19.4. The second-order valence-corrected chi connectivity index (χ2v) is 6.79. The molecule has 8 heteroatoms. The minimum atomic E-state index is -5.17. The van der Waals surface area contributed by atoms with E-state index in [1.807, 2.05) is 5.32 Å². The summed E-state index contributed by atoms with van der Waals surface area (Å²) >= 11 is 0. The van der Waals surface area contributed by atoms with Crippen molar-refractivity contribution < 1.29 is 27.6 Å². The van der Waals surface area contributed by atoms with Gasteiger partial charge in [0.2, 0.25) is 11.4 Å². The molecule has 0 aromatic heterocycles. The average Bonchev–Trinajstić information content (AvgIpc) is 2.82. The van der Waals surface area contributed by atoms with Gasteiger partial charge in [-0.1, -0.05) is 43.7 Å². The fraction of sp³-hybridized carbons (Fsp3) is 0.450. The molecule has 1 aliphatic heterocycles. The summed E-state index contributed by atoms with van der Waals surface area (Å²) in [5.41, 5.74) is -3.59. The summed E-state index contributed by atoms with van der Waals surface area (Å²) in [4.78, 5) is 38.3. The number of rotatable bonds is 7. The predicted molar refractivity (Wildman–Crippen MR) is 96.8 cm³/mol. The summed E-state index contributed by atoms with van der Waals surface area (Å²) in [5.74, 6) is -3.19. The zero-order valence-corrected chi connectivity index (χ0v) is 16.0. The Balaban J connectivity index is 2.55. The van der Waals surface area contributed by atoms with Crippen LogP contribution in [0.5, 0.6) is 0 Å². The molecule has 0 aliphatic carbocycles. The number of amides is 2. The maximum absolute atomic E-state index is 14.2. The molecule has 1 heterocycles. The molecule has 0 radical (unpaired) electrons. The third-order valence-corrected chi connectivity index (χ3v) is 4.75. The van der Waals surface area contributed by atoms with Crippen molar-refractivity contribution >= 4 is 17.6 Å². The van der Waals surface area contributed by atoms with Gasteiger partial charge in [-0.05, 0) is 25.8 Å². The van der Waals surface area contributed by atoms with Gasteiger partial charge in [0.25, 0.3) is 5.91 Å². The Morgan fingerprint density at radius 3 is 2.29 bits per heavy atom. The van der Waals surface area contributed by atoms with Crippen LogP contribution in [0.15, 0.2) is 41.6 Å². The Hall–Kier alpha value is -2.64. The molecule has 2 rings (SSSR count). The Kier molecular flexibility index (Phi) is 6.31. The molecule has 152 valence electrons. The normalized spacial score (nSPS) is 19.9. The lowest BCUT2D eigenvalue weighted by Crippen LogP contribution is -2.66. The van der Waals surface area contributed by atoms with Gasteiger partial charge < -0.3 is 10.2 Å². The number of Topliss-reactive ketones (excluding diaryl/α,β-unsaturated/α-hetero) is 1. The van der Waals surface area contributed by atoms with Crippen LogP contribution in [0.2, 0.25) is 0 Å². The predicted octanol–water partition coefficient (Wildman–Crippen LogP) is 3.50. The number of nitrogens with zero attached hydrogens (tertiary/aromatic N) is 1. The topological polar surface area (TPSA) is 66.5 Å². The van der Waals surface area contributed by atoms with Crippen molar-refractivity contribution in [1.29, 1.82) is 0 Å². The van der Waals surface area contributed by atoms with Crippen LogP contribution in [0, 0.1) is 0 Å². The molecule has 2 amide bonds. The fourth-order valence-electron chi connectivity index (χ4n) is 3.40. The van der Waals surface area contributed by atoms with Crippen LogP contribution in [0.4, 0.5) is 13.2 Å². The second kappa shape index (κ2) is 8.16. The van der Waals surface area contributed by atoms with Crippen LogP contribution in [0.1, 0.15) is 45.6 Å². The van der Waals surface area contributed by atoms with E-state index in [4.69, 9.17) is 0 Å². The molecular weight excluding hydrogens is 373 g/mol. The van der Waals surface area contributed by atoms with E-state index in [1.54, 1.807) is 37.3 Å². The van der Waals surface area contributed by atoms with E-state index in [9.17, 15) is 27.6 Å². The fourth-order valence-corrected chi connectivity index (χ4v) is 3.40. The summed E-state index contributed by atoms with van der Waals surface area (Å²) in [6.07, 6.45) is -4.35. The third-order valence-electron chi connectivity index (χ3n) is 4.75. The summed E-state index contributed by atoms with van der Waals surface area (Å²) in [5, 5.41) is 1.86. The maximum Gasteiger partial charge on any atom is 0.425 e. The lowest BCUT2D eigenvalue weighted by atomic mass is 9.86. The molecule has 1 aromatic carbocycles. The largest absolute Gasteiger partial charge is 0.425 e. The molecule has 0 spiro atoms. The lowest BCUT2D eigenvalue weighted by molar-refractivity contribution is -0.194. The van der Waals surface area contributed by atoms with E-state index >= 15 is 0 Å². The first-order chi connectivity index (χ1) is 13.1. The minimum Gasteiger partial charge on any atom is -0.330 e. The molecular formula is C20H23F3N2O3. The molecule has 0 saturated heterocycles. The van der Waals surface area contributed by atoms with Gasteiger partial charge in [-0.3, -0.25) is 14.4 Å². The molecule has 5 nitrogen and oxygen atoms in total. The van der Waals surface area contributed by atoms with Crippen LogP contribution < -0.4 is 5.32 Å². The molecule has 1 aliphatic rings. The zero-order valence-electron chi connectivity index (χ0n) is 16.0. The number of carbonyl (C=O) groups is 3. The van der Waals surface area contributed by atoms with Crippen LogP contribution in [-0.4, -0.2) is 34.2 Å². The van der Waals surface area contributed by atoms with Crippen molar-refractivity contribution in [3.63, 3.8) is 0 Å². The van der Waals surface area contributed by atoms with E-state index < -0.39 is 34.9 Å². The smallest absolute Gasteiger partial charge is 0.330 e. The van der Waals surface area contributed by atoms with Crippen LogP contribution in [0.25, 0.3) is 0 Å². The Labute approximate surface area is 161 Å². The lowest BCUT2D eigenvalue weighted by Gasteiger charge is -2.33. The van der Waals surface area contributed by atoms with Gasteiger partial charge in [0.05, 0.1) is 12.1 Å². The van der Waals surface area contributed by atoms with Gasteiger partial charge in [-0.25, -0.2) is 0 Å². The van der Waals surface area contributed by atoms with E-state index in [-0.39, 0.29) is 18.7 Å². The van der Waals surface area contributed by atoms with Gasteiger partial charge in [0.15, 0.2) is 5.78 Å². The van der Waals surface area contributed by atoms with Crippen LogP contribution in [-0.2, 0) is 20.9 Å². The molecule has 1 atom stereocenters. The maximum atomic E-state index is 14.2. The summed E-state index contributed by atoms with van der Waals surface area (Å²) in [7, 11) is 0. The number of benzene rings is 1. The third kappa shape index (κ3) is 3.81. The van der Waals surface area contributed by atoms with Crippen molar-refractivity contribution in [2.24, 2.45) is 0 Å². The first kappa shape index (κ1) is 21.7. The van der Waals surface area contributed by atoms with E-state index in [1.165, 1.54) is 6.92 Å².